The van der Waals surface area contributed by atoms with Gasteiger partial charge >= 0.3 is 0 Å². The Morgan fingerprint density at radius 3 is 2.50 bits per heavy atom. The molecule has 2 aromatic heterocycles. The van der Waals surface area contributed by atoms with Crippen LogP contribution in [0.25, 0.3) is 32.1 Å². The van der Waals surface area contributed by atoms with Crippen molar-refractivity contribution in [3.05, 3.63) is 64.0 Å². The number of fused-ring (bicyclic) bond motifs is 2. The van der Waals surface area contributed by atoms with Crippen molar-refractivity contribution in [2.24, 2.45) is 0 Å². The molecule has 0 saturated carbocycles. The molecule has 0 unspecified atom stereocenters. The number of thiophene rings is 1. The molecule has 0 saturated heterocycles. The number of hydrogen-bond acceptors (Lipinski definition) is 4. The third-order valence-electron chi connectivity index (χ3n) is 5.83. The summed E-state index contributed by atoms with van der Waals surface area (Å²) < 4.78 is 1.91. The summed E-state index contributed by atoms with van der Waals surface area (Å²) in [5.74, 6) is 1.08. The summed E-state index contributed by atoms with van der Waals surface area (Å²) in [4.78, 5) is 21.8. The zero-order valence-corrected chi connectivity index (χ0v) is 19.0. The summed E-state index contributed by atoms with van der Waals surface area (Å²) in [6.07, 6.45) is 0. The molecule has 0 aliphatic carbocycles. The molecule has 4 aromatic rings. The highest BCUT2D eigenvalue weighted by Gasteiger charge is 2.19. The van der Waals surface area contributed by atoms with Gasteiger partial charge in [0.1, 0.15) is 10.7 Å². The summed E-state index contributed by atoms with van der Waals surface area (Å²) in [5.41, 5.74) is 2.15. The fourth-order valence-electron chi connectivity index (χ4n) is 4.05. The van der Waals surface area contributed by atoms with Gasteiger partial charge in [0.25, 0.3) is 5.56 Å². The van der Waals surface area contributed by atoms with Gasteiger partial charge in [-0.05, 0) is 35.5 Å². The van der Waals surface area contributed by atoms with E-state index in [9.17, 15) is 4.79 Å². The lowest BCUT2D eigenvalue weighted by molar-refractivity contribution is 0.286. The van der Waals surface area contributed by atoms with Gasteiger partial charge in [0.15, 0.2) is 0 Å². The molecule has 0 amide bonds. The maximum atomic E-state index is 13.7. The Labute approximate surface area is 181 Å². The average molecular weight is 420 g/mol. The van der Waals surface area contributed by atoms with Crippen molar-refractivity contribution in [3.8, 4) is 11.1 Å². The van der Waals surface area contributed by atoms with Gasteiger partial charge in [0, 0.05) is 30.0 Å². The lowest BCUT2D eigenvalue weighted by atomic mass is 10.0. The highest BCUT2D eigenvalue weighted by Crippen LogP contribution is 2.33. The van der Waals surface area contributed by atoms with Gasteiger partial charge in [-0.3, -0.25) is 9.36 Å². The van der Waals surface area contributed by atoms with Crippen LogP contribution in [0.15, 0.2) is 52.6 Å². The molecular weight excluding hydrogens is 390 g/mol. The molecule has 0 fully saturated rings. The molecule has 0 atom stereocenters. The molecule has 0 bridgehead atoms. The number of aromatic nitrogens is 2. The molecule has 4 nitrogen and oxygen atoms in total. The van der Waals surface area contributed by atoms with Crippen molar-refractivity contribution >= 4 is 32.3 Å². The third kappa shape index (κ3) is 3.80. The van der Waals surface area contributed by atoms with E-state index in [1.807, 2.05) is 10.6 Å². The molecule has 2 aromatic carbocycles. The minimum absolute atomic E-state index is 0.0836. The van der Waals surface area contributed by atoms with Crippen molar-refractivity contribution in [2.45, 2.75) is 40.2 Å². The molecule has 2 heterocycles. The van der Waals surface area contributed by atoms with Crippen molar-refractivity contribution in [1.29, 1.82) is 0 Å². The molecule has 0 radical (unpaired) electrons. The van der Waals surface area contributed by atoms with Crippen molar-refractivity contribution in [2.75, 3.05) is 19.6 Å². The number of hydrogen-bond donors (Lipinski definition) is 0. The fraction of sp³-hybridized carbons (Fsp3) is 0.360. The van der Waals surface area contributed by atoms with E-state index in [1.54, 1.807) is 11.3 Å². The lowest BCUT2D eigenvalue weighted by Crippen LogP contribution is -2.33. The van der Waals surface area contributed by atoms with Gasteiger partial charge < -0.3 is 4.90 Å². The third-order valence-corrected chi connectivity index (χ3v) is 6.71. The zero-order valence-electron chi connectivity index (χ0n) is 18.2. The van der Waals surface area contributed by atoms with Gasteiger partial charge in [0.2, 0.25) is 0 Å². The Hall–Kier alpha value is -2.50. The van der Waals surface area contributed by atoms with Crippen molar-refractivity contribution in [3.63, 3.8) is 0 Å². The molecule has 4 rings (SSSR count). The molecule has 5 heteroatoms. The van der Waals surface area contributed by atoms with Crippen LogP contribution in [0.2, 0.25) is 0 Å². The van der Waals surface area contributed by atoms with Crippen LogP contribution in [0, 0.1) is 0 Å². The Kier molecular flexibility index (Phi) is 6.02. The Bertz CT molecular complexity index is 1230. The SMILES string of the molecule is CCN(CC)CCn1c(C(C)C)nc2scc(-c3ccc4ccccc4c3)c2c1=O. The quantitative estimate of drug-likeness (QED) is 0.383. The second-order valence-corrected chi connectivity index (χ2v) is 8.86. The van der Waals surface area contributed by atoms with Gasteiger partial charge in [0.05, 0.1) is 5.39 Å². The summed E-state index contributed by atoms with van der Waals surface area (Å²) >= 11 is 1.57. The predicted molar refractivity (Wildman–Crippen MR) is 129 cm³/mol. The van der Waals surface area contributed by atoms with Crippen LogP contribution in [-0.2, 0) is 6.54 Å². The highest BCUT2D eigenvalue weighted by atomic mass is 32.1. The first kappa shape index (κ1) is 20.8. The van der Waals surface area contributed by atoms with E-state index >= 15 is 0 Å². The molecule has 0 aliphatic rings. The summed E-state index contributed by atoms with van der Waals surface area (Å²) in [7, 11) is 0. The first-order chi connectivity index (χ1) is 14.5. The van der Waals surface area contributed by atoms with Crippen molar-refractivity contribution < 1.29 is 0 Å². The van der Waals surface area contributed by atoms with Gasteiger partial charge in [-0.25, -0.2) is 4.98 Å². The maximum Gasteiger partial charge on any atom is 0.262 e. The van der Waals surface area contributed by atoms with E-state index < -0.39 is 0 Å². The van der Waals surface area contributed by atoms with Gasteiger partial charge in [-0.1, -0.05) is 64.1 Å². The number of nitrogens with zero attached hydrogens (tertiary/aromatic N) is 3. The first-order valence-corrected chi connectivity index (χ1v) is 11.6. The Morgan fingerprint density at radius 2 is 1.80 bits per heavy atom. The van der Waals surface area contributed by atoms with Crippen LogP contribution < -0.4 is 5.56 Å². The minimum atomic E-state index is 0.0836. The normalized spacial score (nSPS) is 11.9. The minimum Gasteiger partial charge on any atom is -0.302 e. The van der Waals surface area contributed by atoms with Gasteiger partial charge in [-0.2, -0.15) is 0 Å². The summed E-state index contributed by atoms with van der Waals surface area (Å²) in [5, 5.41) is 5.22. The standard InChI is InChI=1S/C25H29N3OS/c1-5-27(6-2)13-14-28-23(17(3)4)26-24-22(25(28)29)21(16-30-24)20-12-11-18-9-7-8-10-19(18)15-20/h7-12,15-17H,5-6,13-14H2,1-4H3. The van der Waals surface area contributed by atoms with Crippen LogP contribution in [-0.4, -0.2) is 34.1 Å². The van der Waals surface area contributed by atoms with E-state index in [-0.39, 0.29) is 11.5 Å². The first-order valence-electron chi connectivity index (χ1n) is 10.8. The van der Waals surface area contributed by atoms with Crippen LogP contribution in [0.1, 0.15) is 39.4 Å². The second kappa shape index (κ2) is 8.70. The zero-order chi connectivity index (χ0) is 21.3. The van der Waals surface area contributed by atoms with Gasteiger partial charge in [-0.15, -0.1) is 11.3 Å². The second-order valence-electron chi connectivity index (χ2n) is 8.00. The average Bonchev–Trinajstić information content (AvgIpc) is 3.19. The largest absolute Gasteiger partial charge is 0.302 e. The monoisotopic (exact) mass is 419 g/mol. The van der Waals surface area contributed by atoms with Crippen LogP contribution in [0.3, 0.4) is 0 Å². The van der Waals surface area contributed by atoms with E-state index in [0.29, 0.717) is 6.54 Å². The van der Waals surface area contributed by atoms with E-state index in [0.717, 1.165) is 46.8 Å². The Balaban J connectivity index is 1.86. The molecular formula is C25H29N3OS. The topological polar surface area (TPSA) is 38.1 Å². The van der Waals surface area contributed by atoms with E-state index in [4.69, 9.17) is 4.98 Å². The molecule has 0 N–H and O–H groups in total. The summed E-state index contributed by atoms with van der Waals surface area (Å²) in [6, 6.07) is 14.7. The lowest BCUT2D eigenvalue weighted by Gasteiger charge is -2.21. The predicted octanol–water partition coefficient (Wildman–Crippen LogP) is 5.74. The fourth-order valence-corrected chi connectivity index (χ4v) is 4.99. The molecule has 156 valence electrons. The molecule has 0 spiro atoms. The number of likely N-dealkylation sites (N-methyl/N-ethyl adjacent to an activating group) is 1. The van der Waals surface area contributed by atoms with Crippen molar-refractivity contribution in [1.82, 2.24) is 14.5 Å². The van der Waals surface area contributed by atoms with Crippen LogP contribution >= 0.6 is 11.3 Å². The Morgan fingerprint density at radius 1 is 1.07 bits per heavy atom. The summed E-state index contributed by atoms with van der Waals surface area (Å²) in [6.45, 7) is 12.0. The smallest absolute Gasteiger partial charge is 0.262 e. The molecule has 0 aliphatic heterocycles. The van der Waals surface area contributed by atoms with Crippen LogP contribution in [0.5, 0.6) is 0 Å². The number of rotatable bonds is 7. The van der Waals surface area contributed by atoms with Crippen LogP contribution in [0.4, 0.5) is 0 Å². The van der Waals surface area contributed by atoms with E-state index in [2.05, 4.69) is 74.4 Å². The van der Waals surface area contributed by atoms with E-state index in [1.165, 1.54) is 10.8 Å². The number of benzene rings is 2. The highest BCUT2D eigenvalue weighted by molar-refractivity contribution is 7.17. The maximum absolute atomic E-state index is 13.7. The molecule has 30 heavy (non-hydrogen) atoms.